The number of aromatic amines is 1. The summed E-state index contributed by atoms with van der Waals surface area (Å²) in [7, 11) is 1.80. The summed E-state index contributed by atoms with van der Waals surface area (Å²) in [6, 6.07) is 13.2. The summed E-state index contributed by atoms with van der Waals surface area (Å²) < 4.78 is 7.21. The Hall–Kier alpha value is -3.54. The Morgan fingerprint density at radius 2 is 1.69 bits per heavy atom. The Morgan fingerprint density at radius 1 is 0.972 bits per heavy atom. The van der Waals surface area contributed by atoms with Crippen molar-refractivity contribution in [2.75, 3.05) is 13.1 Å². The van der Waals surface area contributed by atoms with Gasteiger partial charge in [0.2, 0.25) is 0 Å². The second-order valence-corrected chi connectivity index (χ2v) is 11.1. The van der Waals surface area contributed by atoms with Gasteiger partial charge in [-0.15, -0.1) is 0 Å². The highest BCUT2D eigenvalue weighted by Crippen LogP contribution is 2.35. The van der Waals surface area contributed by atoms with Gasteiger partial charge in [0.25, 0.3) is 5.56 Å². The molecule has 0 bridgehead atoms. The van der Waals surface area contributed by atoms with Crippen molar-refractivity contribution in [1.29, 1.82) is 0 Å². The zero-order valence-electron chi connectivity index (χ0n) is 22.1. The molecule has 4 aromatic rings. The molecule has 1 fully saturated rings. The van der Waals surface area contributed by atoms with Gasteiger partial charge in [-0.3, -0.25) is 4.79 Å². The van der Waals surface area contributed by atoms with Crippen LogP contribution in [0.25, 0.3) is 32.9 Å². The Labute approximate surface area is 211 Å². The van der Waals surface area contributed by atoms with Gasteiger partial charge in [0.05, 0.1) is 0 Å². The van der Waals surface area contributed by atoms with Crippen LogP contribution in [0.15, 0.2) is 47.4 Å². The predicted molar refractivity (Wildman–Crippen MR) is 146 cm³/mol. The predicted octanol–water partition coefficient (Wildman–Crippen LogP) is 6.42. The molecule has 1 aliphatic heterocycles. The molecule has 188 valence electrons. The van der Waals surface area contributed by atoms with Crippen LogP contribution in [0.2, 0.25) is 0 Å². The lowest BCUT2D eigenvalue weighted by Gasteiger charge is -2.33. The van der Waals surface area contributed by atoms with Crippen molar-refractivity contribution in [1.82, 2.24) is 14.5 Å². The summed E-state index contributed by atoms with van der Waals surface area (Å²) in [6.07, 6.45) is 3.58. The highest BCUT2D eigenvalue weighted by atomic mass is 16.6. The molecule has 6 nitrogen and oxygen atoms in total. The molecule has 1 aliphatic rings. The molecule has 2 aromatic carbocycles. The van der Waals surface area contributed by atoms with Gasteiger partial charge < -0.3 is 19.2 Å². The molecule has 36 heavy (non-hydrogen) atoms. The van der Waals surface area contributed by atoms with Crippen molar-refractivity contribution < 1.29 is 9.53 Å². The number of aromatic nitrogens is 2. The van der Waals surface area contributed by atoms with Gasteiger partial charge in [-0.25, -0.2) is 4.79 Å². The van der Waals surface area contributed by atoms with Crippen molar-refractivity contribution in [3.63, 3.8) is 0 Å². The van der Waals surface area contributed by atoms with Crippen molar-refractivity contribution in [2.24, 2.45) is 7.05 Å². The standard InChI is InChI=1S/C30H35N3O3/c1-18-19(2)28(34)32(6)17-25(18)22-7-9-23-24-15-21(8-10-26(24)31-27(23)16-22)20-11-13-33(14-12-20)29(35)36-30(3,4)5/h7-10,15-17,20,31H,11-14H2,1-6H3. The van der Waals surface area contributed by atoms with Crippen molar-refractivity contribution in [3.05, 3.63) is 69.6 Å². The molecule has 5 rings (SSSR count). The van der Waals surface area contributed by atoms with Gasteiger partial charge in [0.1, 0.15) is 5.60 Å². The molecule has 6 heteroatoms. The topological polar surface area (TPSA) is 67.3 Å². The summed E-state index contributed by atoms with van der Waals surface area (Å²) in [6.45, 7) is 11.1. The Bertz CT molecular complexity index is 1530. The molecule has 0 atom stereocenters. The number of hydrogen-bond donors (Lipinski definition) is 1. The minimum atomic E-state index is -0.469. The minimum absolute atomic E-state index is 0.0485. The van der Waals surface area contributed by atoms with Gasteiger partial charge >= 0.3 is 6.09 Å². The average molecular weight is 486 g/mol. The van der Waals surface area contributed by atoms with Crippen molar-refractivity contribution in [2.45, 2.75) is 59.0 Å². The van der Waals surface area contributed by atoms with E-state index in [4.69, 9.17) is 4.74 Å². The normalized spacial score (nSPS) is 15.1. The molecule has 0 unspecified atom stereocenters. The summed E-state index contributed by atoms with van der Waals surface area (Å²) >= 11 is 0. The second-order valence-electron chi connectivity index (χ2n) is 11.1. The Kier molecular flexibility index (Phi) is 5.93. The second kappa shape index (κ2) is 8.84. The summed E-state index contributed by atoms with van der Waals surface area (Å²) in [5.41, 5.74) is 7.09. The molecule has 1 amide bonds. The molecule has 2 aromatic heterocycles. The fraction of sp³-hybridized carbons (Fsp3) is 0.400. The van der Waals surface area contributed by atoms with Crippen LogP contribution in [-0.4, -0.2) is 39.2 Å². The number of fused-ring (bicyclic) bond motifs is 3. The van der Waals surface area contributed by atoms with Crippen molar-refractivity contribution in [3.8, 4) is 11.1 Å². The number of nitrogens with one attached hydrogen (secondary N) is 1. The van der Waals surface area contributed by atoms with E-state index in [0.29, 0.717) is 19.0 Å². The monoisotopic (exact) mass is 485 g/mol. The molecule has 0 radical (unpaired) electrons. The fourth-order valence-corrected chi connectivity index (χ4v) is 5.33. The summed E-state index contributed by atoms with van der Waals surface area (Å²) in [5.74, 6) is 0.425. The van der Waals surface area contributed by atoms with Crippen LogP contribution >= 0.6 is 0 Å². The number of carbonyl (C=O) groups is 1. The quantitative estimate of drug-likeness (QED) is 0.356. The Morgan fingerprint density at radius 3 is 2.39 bits per heavy atom. The number of benzene rings is 2. The van der Waals surface area contributed by atoms with E-state index in [2.05, 4.69) is 41.4 Å². The minimum Gasteiger partial charge on any atom is -0.444 e. The van der Waals surface area contributed by atoms with E-state index in [9.17, 15) is 9.59 Å². The van der Waals surface area contributed by atoms with E-state index in [0.717, 1.165) is 46.1 Å². The summed E-state index contributed by atoms with van der Waals surface area (Å²) in [4.78, 5) is 30.1. The molecule has 0 spiro atoms. The maximum Gasteiger partial charge on any atom is 0.410 e. The van der Waals surface area contributed by atoms with Gasteiger partial charge in [-0.1, -0.05) is 18.2 Å². The molecule has 1 saturated heterocycles. The first-order chi connectivity index (χ1) is 17.0. The van der Waals surface area contributed by atoms with Crippen LogP contribution in [0.1, 0.15) is 56.2 Å². The highest BCUT2D eigenvalue weighted by molar-refractivity contribution is 6.08. The number of aryl methyl sites for hydroxylation is 1. The number of pyridine rings is 1. The largest absolute Gasteiger partial charge is 0.444 e. The Balaban J connectivity index is 1.41. The molecular weight excluding hydrogens is 450 g/mol. The third-order valence-electron chi connectivity index (χ3n) is 7.48. The zero-order chi connectivity index (χ0) is 25.8. The average Bonchev–Trinajstić information content (AvgIpc) is 3.21. The van der Waals surface area contributed by atoms with Crippen LogP contribution in [0.4, 0.5) is 4.79 Å². The lowest BCUT2D eigenvalue weighted by molar-refractivity contribution is 0.0205. The number of hydrogen-bond acceptors (Lipinski definition) is 3. The first-order valence-corrected chi connectivity index (χ1v) is 12.7. The number of nitrogens with zero attached hydrogens (tertiary/aromatic N) is 2. The van der Waals surface area contributed by atoms with Crippen LogP contribution in [0.5, 0.6) is 0 Å². The molecule has 3 heterocycles. The molecule has 1 N–H and O–H groups in total. The van der Waals surface area contributed by atoms with Gasteiger partial charge in [0.15, 0.2) is 0 Å². The number of likely N-dealkylation sites (tertiary alicyclic amines) is 1. The maximum absolute atomic E-state index is 12.4. The first kappa shape index (κ1) is 24.2. The van der Waals surface area contributed by atoms with E-state index in [1.807, 2.05) is 45.7 Å². The van der Waals surface area contributed by atoms with Crippen molar-refractivity contribution >= 4 is 27.9 Å². The number of amides is 1. The maximum atomic E-state index is 12.4. The van der Waals surface area contributed by atoms with E-state index < -0.39 is 5.60 Å². The third kappa shape index (κ3) is 4.41. The van der Waals surface area contributed by atoms with E-state index in [-0.39, 0.29) is 11.7 Å². The SMILES string of the molecule is Cc1c(-c2ccc3c(c2)[nH]c2ccc(C4CCN(C(=O)OC(C)(C)C)CC4)cc23)cn(C)c(=O)c1C. The van der Waals surface area contributed by atoms with E-state index in [1.165, 1.54) is 16.3 Å². The van der Waals surface area contributed by atoms with Gasteiger partial charge in [-0.2, -0.15) is 0 Å². The lowest BCUT2D eigenvalue weighted by atomic mass is 9.88. The lowest BCUT2D eigenvalue weighted by Crippen LogP contribution is -2.41. The van der Waals surface area contributed by atoms with E-state index in [1.54, 1.807) is 11.6 Å². The van der Waals surface area contributed by atoms with Crippen LogP contribution in [-0.2, 0) is 11.8 Å². The molecule has 0 saturated carbocycles. The first-order valence-electron chi connectivity index (χ1n) is 12.7. The number of H-pyrrole nitrogens is 1. The molecule has 0 aliphatic carbocycles. The fourth-order valence-electron chi connectivity index (χ4n) is 5.33. The molecular formula is C30H35N3O3. The number of rotatable bonds is 2. The van der Waals surface area contributed by atoms with Gasteiger partial charge in [0, 0.05) is 59.3 Å². The number of piperidine rings is 1. The van der Waals surface area contributed by atoms with Crippen LogP contribution in [0.3, 0.4) is 0 Å². The summed E-state index contributed by atoms with van der Waals surface area (Å²) in [5, 5.41) is 2.41. The van der Waals surface area contributed by atoms with Crippen LogP contribution < -0.4 is 5.56 Å². The van der Waals surface area contributed by atoms with Crippen LogP contribution in [0, 0.1) is 13.8 Å². The smallest absolute Gasteiger partial charge is 0.410 e. The third-order valence-corrected chi connectivity index (χ3v) is 7.48. The zero-order valence-corrected chi connectivity index (χ0v) is 22.1. The highest BCUT2D eigenvalue weighted by Gasteiger charge is 2.27. The van der Waals surface area contributed by atoms with E-state index >= 15 is 0 Å². The number of carbonyl (C=O) groups excluding carboxylic acids is 1. The van der Waals surface area contributed by atoms with Gasteiger partial charge in [-0.05, 0) is 88.3 Å². The number of ether oxygens (including phenoxy) is 1.